The minimum Gasteiger partial charge on any atom is -0.459 e. The second-order valence-corrected chi connectivity index (χ2v) is 6.25. The summed E-state index contributed by atoms with van der Waals surface area (Å²) in [6.07, 6.45) is 6.85. The van der Waals surface area contributed by atoms with Gasteiger partial charge in [-0.05, 0) is 38.8 Å². The molecule has 1 heterocycles. The number of ether oxygens (including phenoxy) is 1. The average Bonchev–Trinajstić information content (AvgIpc) is 3.16. The molecule has 0 aliphatic heterocycles. The van der Waals surface area contributed by atoms with Crippen LogP contribution in [-0.2, 0) is 14.3 Å². The Morgan fingerprint density at radius 3 is 2.64 bits per heavy atom. The largest absolute Gasteiger partial charge is 0.459 e. The fraction of sp³-hybridized carbons (Fsp3) is 0.611. The van der Waals surface area contributed by atoms with Gasteiger partial charge in [-0.1, -0.05) is 19.3 Å². The van der Waals surface area contributed by atoms with Gasteiger partial charge >= 0.3 is 5.97 Å². The first-order chi connectivity index (χ1) is 12.0. The standard InChI is InChI=1S/C18H26N2O5/c1-3-20(14-8-5-4-6-9-14)16(21)12-25-18(23)13(2)19-17(22)15-10-7-11-24-15/h7,10-11,13-14H,3-6,8-9,12H2,1-2H3,(H,19,22). The molecule has 1 atom stereocenters. The van der Waals surface area contributed by atoms with Gasteiger partial charge in [0.2, 0.25) is 0 Å². The number of esters is 1. The molecular weight excluding hydrogens is 324 g/mol. The maximum atomic E-state index is 12.4. The summed E-state index contributed by atoms with van der Waals surface area (Å²) in [5, 5.41) is 2.48. The zero-order valence-corrected chi connectivity index (χ0v) is 14.8. The van der Waals surface area contributed by atoms with Crippen LogP contribution in [0.25, 0.3) is 0 Å². The molecule has 1 aromatic rings. The number of furan rings is 1. The maximum Gasteiger partial charge on any atom is 0.328 e. The Morgan fingerprint density at radius 2 is 2.04 bits per heavy atom. The number of hydrogen-bond donors (Lipinski definition) is 1. The third kappa shape index (κ3) is 5.34. The van der Waals surface area contributed by atoms with Crippen LogP contribution in [0, 0.1) is 0 Å². The lowest BCUT2D eigenvalue weighted by Gasteiger charge is -2.33. The van der Waals surface area contributed by atoms with Gasteiger partial charge in [0.25, 0.3) is 11.8 Å². The van der Waals surface area contributed by atoms with Gasteiger partial charge in [-0.25, -0.2) is 4.79 Å². The summed E-state index contributed by atoms with van der Waals surface area (Å²) >= 11 is 0. The maximum absolute atomic E-state index is 12.4. The van der Waals surface area contributed by atoms with Crippen LogP contribution in [0.1, 0.15) is 56.5 Å². The van der Waals surface area contributed by atoms with Gasteiger partial charge in [0, 0.05) is 12.6 Å². The molecule has 1 unspecified atom stereocenters. The van der Waals surface area contributed by atoms with Crippen molar-refractivity contribution in [1.82, 2.24) is 10.2 Å². The molecule has 7 heteroatoms. The third-order valence-corrected chi connectivity index (χ3v) is 4.46. The molecular formula is C18H26N2O5. The van der Waals surface area contributed by atoms with E-state index in [1.807, 2.05) is 6.92 Å². The SMILES string of the molecule is CCN(C(=O)COC(=O)C(C)NC(=O)c1ccco1)C1CCCCC1. The van der Waals surface area contributed by atoms with Gasteiger partial charge in [0.1, 0.15) is 6.04 Å². The van der Waals surface area contributed by atoms with E-state index in [4.69, 9.17) is 9.15 Å². The third-order valence-electron chi connectivity index (χ3n) is 4.46. The number of nitrogens with one attached hydrogen (secondary N) is 1. The van der Waals surface area contributed by atoms with Crippen molar-refractivity contribution >= 4 is 17.8 Å². The minimum absolute atomic E-state index is 0.116. The summed E-state index contributed by atoms with van der Waals surface area (Å²) in [6, 6.07) is 2.46. The molecule has 1 aliphatic carbocycles. The van der Waals surface area contributed by atoms with Crippen LogP contribution in [-0.4, -0.2) is 47.9 Å². The van der Waals surface area contributed by atoms with Gasteiger partial charge in [0.15, 0.2) is 12.4 Å². The number of amides is 2. The Hall–Kier alpha value is -2.31. The van der Waals surface area contributed by atoms with Gasteiger partial charge in [0.05, 0.1) is 6.26 Å². The molecule has 7 nitrogen and oxygen atoms in total. The summed E-state index contributed by atoms with van der Waals surface area (Å²) in [7, 11) is 0. The Morgan fingerprint density at radius 1 is 1.32 bits per heavy atom. The number of carbonyl (C=O) groups excluding carboxylic acids is 3. The summed E-state index contributed by atoms with van der Waals surface area (Å²) < 4.78 is 10.0. The summed E-state index contributed by atoms with van der Waals surface area (Å²) in [5.74, 6) is -1.22. The van der Waals surface area contributed by atoms with Crippen molar-refractivity contribution < 1.29 is 23.5 Å². The molecule has 0 aromatic carbocycles. The van der Waals surface area contributed by atoms with Crippen LogP contribution >= 0.6 is 0 Å². The van der Waals surface area contributed by atoms with Gasteiger partial charge in [-0.3, -0.25) is 9.59 Å². The fourth-order valence-corrected chi connectivity index (χ4v) is 3.11. The molecule has 0 bridgehead atoms. The fourth-order valence-electron chi connectivity index (χ4n) is 3.11. The van der Waals surface area contributed by atoms with E-state index in [2.05, 4.69) is 5.32 Å². The molecule has 138 valence electrons. The van der Waals surface area contributed by atoms with Crippen LogP contribution in [0.5, 0.6) is 0 Å². The van der Waals surface area contributed by atoms with Crippen molar-refractivity contribution in [3.8, 4) is 0 Å². The predicted molar refractivity (Wildman–Crippen MR) is 90.9 cm³/mol. The predicted octanol–water partition coefficient (Wildman–Crippen LogP) is 2.12. The highest BCUT2D eigenvalue weighted by Gasteiger charge is 2.26. The van der Waals surface area contributed by atoms with E-state index < -0.39 is 17.9 Å². The lowest BCUT2D eigenvalue weighted by molar-refractivity contribution is -0.154. The number of nitrogens with zero attached hydrogens (tertiary/aromatic N) is 1. The van der Waals surface area contributed by atoms with Crippen LogP contribution in [0.3, 0.4) is 0 Å². The molecule has 0 spiro atoms. The number of hydrogen-bond acceptors (Lipinski definition) is 5. The molecule has 0 saturated heterocycles. The molecule has 1 aromatic heterocycles. The lowest BCUT2D eigenvalue weighted by Crippen LogP contribution is -2.45. The van der Waals surface area contributed by atoms with Crippen LogP contribution < -0.4 is 5.32 Å². The molecule has 1 N–H and O–H groups in total. The van der Waals surface area contributed by atoms with E-state index >= 15 is 0 Å². The first-order valence-corrected chi connectivity index (χ1v) is 8.83. The summed E-state index contributed by atoms with van der Waals surface area (Å²) in [6.45, 7) is 3.74. The Balaban J connectivity index is 1.79. The molecule has 1 fully saturated rings. The molecule has 2 amide bonds. The van der Waals surface area contributed by atoms with Crippen molar-refractivity contribution in [3.05, 3.63) is 24.2 Å². The first-order valence-electron chi connectivity index (χ1n) is 8.83. The van der Waals surface area contributed by atoms with Gasteiger partial charge < -0.3 is 19.4 Å². The van der Waals surface area contributed by atoms with E-state index in [9.17, 15) is 14.4 Å². The van der Waals surface area contributed by atoms with Crippen molar-refractivity contribution in [2.24, 2.45) is 0 Å². The van der Waals surface area contributed by atoms with Crippen LogP contribution in [0.2, 0.25) is 0 Å². The highest BCUT2D eigenvalue weighted by molar-refractivity contribution is 5.94. The quantitative estimate of drug-likeness (QED) is 0.761. The average molecular weight is 350 g/mol. The van der Waals surface area contributed by atoms with E-state index in [1.54, 1.807) is 11.0 Å². The van der Waals surface area contributed by atoms with Crippen molar-refractivity contribution in [2.75, 3.05) is 13.2 Å². The van der Waals surface area contributed by atoms with E-state index in [-0.39, 0.29) is 24.3 Å². The van der Waals surface area contributed by atoms with E-state index in [0.717, 1.165) is 25.7 Å². The normalized spacial score (nSPS) is 16.1. The first kappa shape index (κ1) is 19.0. The minimum atomic E-state index is -0.866. The van der Waals surface area contributed by atoms with Gasteiger partial charge in [-0.2, -0.15) is 0 Å². The zero-order chi connectivity index (χ0) is 18.2. The second-order valence-electron chi connectivity index (χ2n) is 6.25. The second kappa shape index (κ2) is 9.25. The monoisotopic (exact) mass is 350 g/mol. The van der Waals surface area contributed by atoms with E-state index in [1.165, 1.54) is 25.7 Å². The highest BCUT2D eigenvalue weighted by Crippen LogP contribution is 2.22. The lowest BCUT2D eigenvalue weighted by atomic mass is 9.94. The van der Waals surface area contributed by atoms with Gasteiger partial charge in [-0.15, -0.1) is 0 Å². The molecule has 1 aliphatic rings. The van der Waals surface area contributed by atoms with Crippen molar-refractivity contribution in [2.45, 2.75) is 58.0 Å². The summed E-state index contributed by atoms with van der Waals surface area (Å²) in [5.41, 5.74) is 0. The topological polar surface area (TPSA) is 88.9 Å². The zero-order valence-electron chi connectivity index (χ0n) is 14.8. The Bertz CT molecular complexity index is 578. The molecule has 1 saturated carbocycles. The number of rotatable bonds is 7. The Kier molecular flexibility index (Phi) is 7.03. The smallest absolute Gasteiger partial charge is 0.328 e. The molecule has 0 radical (unpaired) electrons. The van der Waals surface area contributed by atoms with Crippen LogP contribution in [0.15, 0.2) is 22.8 Å². The number of carbonyl (C=O) groups is 3. The van der Waals surface area contributed by atoms with Crippen molar-refractivity contribution in [3.63, 3.8) is 0 Å². The van der Waals surface area contributed by atoms with E-state index in [0.29, 0.717) is 6.54 Å². The molecule has 2 rings (SSSR count). The van der Waals surface area contributed by atoms with Crippen LogP contribution in [0.4, 0.5) is 0 Å². The Labute approximate surface area is 147 Å². The van der Waals surface area contributed by atoms with Crippen molar-refractivity contribution in [1.29, 1.82) is 0 Å². The molecule has 25 heavy (non-hydrogen) atoms. The highest BCUT2D eigenvalue weighted by atomic mass is 16.5. The number of likely N-dealkylation sites (N-methyl/N-ethyl adjacent to an activating group) is 1. The summed E-state index contributed by atoms with van der Waals surface area (Å²) in [4.78, 5) is 38.0.